The molecule has 0 aliphatic carbocycles. The molecule has 0 spiro atoms. The van der Waals surface area contributed by atoms with Gasteiger partial charge in [-0.05, 0) is 36.3 Å². The summed E-state index contributed by atoms with van der Waals surface area (Å²) in [5.41, 5.74) is 2.47. The molecule has 0 atom stereocenters. The van der Waals surface area contributed by atoms with Gasteiger partial charge in [-0.1, -0.05) is 41.4 Å². The second-order valence-electron chi connectivity index (χ2n) is 4.97. The molecule has 2 aromatic carbocycles. The van der Waals surface area contributed by atoms with Gasteiger partial charge >= 0.3 is 5.97 Å². The largest absolute Gasteiger partial charge is 0.493 e. The highest BCUT2D eigenvalue weighted by atomic mass is 35.5. The zero-order valence-corrected chi connectivity index (χ0v) is 13.8. The molecule has 0 fully saturated rings. The number of hydrogen-bond donors (Lipinski definition) is 1. The number of benzene rings is 2. The van der Waals surface area contributed by atoms with E-state index in [0.717, 1.165) is 5.56 Å². The van der Waals surface area contributed by atoms with E-state index >= 15 is 0 Å². The predicted octanol–water partition coefficient (Wildman–Crippen LogP) is 4.29. The molecule has 0 heterocycles. The third-order valence-electron chi connectivity index (χ3n) is 3.36. The highest BCUT2D eigenvalue weighted by molar-refractivity contribution is 6.32. The van der Waals surface area contributed by atoms with Crippen LogP contribution in [0.5, 0.6) is 11.5 Å². The number of carboxylic acid groups (broad SMARTS) is 1. The lowest BCUT2D eigenvalue weighted by atomic mass is 10.0. The maximum atomic E-state index is 11.6. The van der Waals surface area contributed by atoms with E-state index in [4.69, 9.17) is 21.1 Å². The molecule has 23 heavy (non-hydrogen) atoms. The van der Waals surface area contributed by atoms with Crippen molar-refractivity contribution in [3.8, 4) is 11.5 Å². The summed E-state index contributed by atoms with van der Waals surface area (Å²) in [6, 6.07) is 10.6. The van der Waals surface area contributed by atoms with Crippen molar-refractivity contribution in [2.24, 2.45) is 0 Å². The lowest BCUT2D eigenvalue weighted by Gasteiger charge is -2.11. The molecule has 120 valence electrons. The molecule has 2 aromatic rings. The predicted molar refractivity (Wildman–Crippen MR) is 91.2 cm³/mol. The number of aryl methyl sites for hydroxylation is 1. The van der Waals surface area contributed by atoms with Crippen molar-refractivity contribution in [3.05, 3.63) is 58.1 Å². The van der Waals surface area contributed by atoms with Gasteiger partial charge in [-0.2, -0.15) is 0 Å². The van der Waals surface area contributed by atoms with E-state index in [9.17, 15) is 9.90 Å². The minimum absolute atomic E-state index is 0.174. The molecule has 0 aromatic heterocycles. The first-order valence-electron chi connectivity index (χ1n) is 6.89. The van der Waals surface area contributed by atoms with E-state index in [-0.39, 0.29) is 5.57 Å². The fourth-order valence-corrected chi connectivity index (χ4v) is 2.49. The maximum Gasteiger partial charge on any atom is 0.336 e. The van der Waals surface area contributed by atoms with Crippen molar-refractivity contribution >= 4 is 29.2 Å². The van der Waals surface area contributed by atoms with E-state index in [2.05, 4.69) is 0 Å². The summed E-state index contributed by atoms with van der Waals surface area (Å²) in [6.45, 7) is 1.95. The van der Waals surface area contributed by atoms with Crippen LogP contribution in [0.3, 0.4) is 0 Å². The number of halogens is 1. The Morgan fingerprint density at radius 1 is 1.13 bits per heavy atom. The number of methoxy groups -OCH3 is 2. The van der Waals surface area contributed by atoms with Gasteiger partial charge < -0.3 is 14.6 Å². The molecule has 1 N–H and O–H groups in total. The second-order valence-corrected chi connectivity index (χ2v) is 5.37. The number of rotatable bonds is 5. The van der Waals surface area contributed by atoms with Gasteiger partial charge in [0, 0.05) is 0 Å². The van der Waals surface area contributed by atoms with Crippen molar-refractivity contribution in [1.82, 2.24) is 0 Å². The van der Waals surface area contributed by atoms with Gasteiger partial charge in [-0.25, -0.2) is 4.79 Å². The van der Waals surface area contributed by atoms with Crippen LogP contribution in [-0.4, -0.2) is 25.3 Å². The summed E-state index contributed by atoms with van der Waals surface area (Å²) in [4.78, 5) is 11.6. The fourth-order valence-electron chi connectivity index (χ4n) is 2.19. The summed E-state index contributed by atoms with van der Waals surface area (Å²) in [6.07, 6.45) is 1.56. The molecule has 2 rings (SSSR count). The van der Waals surface area contributed by atoms with Crippen LogP contribution in [0.4, 0.5) is 0 Å². The molecule has 0 amide bonds. The summed E-state index contributed by atoms with van der Waals surface area (Å²) in [5, 5.41) is 9.85. The van der Waals surface area contributed by atoms with Crippen molar-refractivity contribution in [2.45, 2.75) is 6.92 Å². The fraction of sp³-hybridized carbons (Fsp3) is 0.167. The lowest BCUT2D eigenvalue weighted by molar-refractivity contribution is -0.130. The zero-order chi connectivity index (χ0) is 17.0. The first-order chi connectivity index (χ1) is 11.0. The third kappa shape index (κ3) is 3.85. The van der Waals surface area contributed by atoms with Crippen molar-refractivity contribution in [2.75, 3.05) is 14.2 Å². The first-order valence-corrected chi connectivity index (χ1v) is 7.27. The van der Waals surface area contributed by atoms with Gasteiger partial charge in [-0.15, -0.1) is 0 Å². The Morgan fingerprint density at radius 3 is 2.30 bits per heavy atom. The van der Waals surface area contributed by atoms with Crippen LogP contribution in [0.15, 0.2) is 36.4 Å². The van der Waals surface area contributed by atoms with Gasteiger partial charge in [0.25, 0.3) is 0 Å². The maximum absolute atomic E-state index is 11.6. The average Bonchev–Trinajstić information content (AvgIpc) is 2.52. The number of carboxylic acids is 1. The normalized spacial score (nSPS) is 11.2. The number of ether oxygens (including phenoxy) is 2. The van der Waals surface area contributed by atoms with E-state index in [0.29, 0.717) is 27.6 Å². The molecule has 0 aliphatic heterocycles. The highest BCUT2D eigenvalue weighted by Gasteiger charge is 2.14. The van der Waals surface area contributed by atoms with Crippen LogP contribution >= 0.6 is 11.6 Å². The van der Waals surface area contributed by atoms with Crippen LogP contribution in [-0.2, 0) is 4.79 Å². The second kappa shape index (κ2) is 7.20. The molecule has 0 saturated carbocycles. The molecular weight excluding hydrogens is 316 g/mol. The molecule has 0 unspecified atom stereocenters. The van der Waals surface area contributed by atoms with Gasteiger partial charge in [-0.3, -0.25) is 0 Å². The average molecular weight is 333 g/mol. The summed E-state index contributed by atoms with van der Waals surface area (Å²) in [7, 11) is 2.99. The Balaban J connectivity index is 2.54. The number of hydrogen-bond acceptors (Lipinski definition) is 3. The minimum Gasteiger partial charge on any atom is -0.493 e. The van der Waals surface area contributed by atoms with Gasteiger partial charge in [0.15, 0.2) is 11.5 Å². The van der Waals surface area contributed by atoms with Gasteiger partial charge in [0.05, 0.1) is 24.8 Å². The summed E-state index contributed by atoms with van der Waals surface area (Å²) < 4.78 is 10.4. The number of aliphatic carboxylic acids is 1. The van der Waals surface area contributed by atoms with Crippen LogP contribution in [0.2, 0.25) is 5.02 Å². The summed E-state index contributed by atoms with van der Waals surface area (Å²) in [5.74, 6) is -0.154. The molecule has 4 nitrogen and oxygen atoms in total. The van der Waals surface area contributed by atoms with Crippen molar-refractivity contribution in [3.63, 3.8) is 0 Å². The molecule has 0 aliphatic rings. The number of carbonyl (C=O) groups is 1. The van der Waals surface area contributed by atoms with E-state index in [1.807, 2.05) is 19.1 Å². The smallest absolute Gasteiger partial charge is 0.336 e. The van der Waals surface area contributed by atoms with Crippen LogP contribution < -0.4 is 9.47 Å². The van der Waals surface area contributed by atoms with Crippen LogP contribution in [0.1, 0.15) is 16.7 Å². The van der Waals surface area contributed by atoms with E-state index in [1.54, 1.807) is 30.3 Å². The standard InChI is InChI=1S/C18H17ClO4/c1-11-4-6-13(7-5-11)14(18(20)21)8-12-9-15(19)17(23-3)16(10-12)22-2/h4-10H,1-3H3,(H,20,21)/b14-8-. The van der Waals surface area contributed by atoms with Gasteiger partial charge in [0.1, 0.15) is 0 Å². The lowest BCUT2D eigenvalue weighted by Crippen LogP contribution is -2.00. The van der Waals surface area contributed by atoms with Gasteiger partial charge in [0.2, 0.25) is 0 Å². The van der Waals surface area contributed by atoms with E-state index in [1.165, 1.54) is 14.2 Å². The molecular formula is C18H17ClO4. The first kappa shape index (κ1) is 16.9. The van der Waals surface area contributed by atoms with Crippen molar-refractivity contribution in [1.29, 1.82) is 0 Å². The monoisotopic (exact) mass is 332 g/mol. The minimum atomic E-state index is -1.01. The van der Waals surface area contributed by atoms with E-state index < -0.39 is 5.97 Å². The molecule has 0 radical (unpaired) electrons. The Morgan fingerprint density at radius 2 is 1.78 bits per heavy atom. The molecule has 0 bridgehead atoms. The van der Waals surface area contributed by atoms with Crippen LogP contribution in [0.25, 0.3) is 11.6 Å². The quantitative estimate of drug-likeness (QED) is 0.655. The zero-order valence-electron chi connectivity index (χ0n) is 13.1. The molecule has 0 saturated heterocycles. The Bertz CT molecular complexity index is 748. The Hall–Kier alpha value is -2.46. The molecule has 5 heteroatoms. The summed E-state index contributed by atoms with van der Waals surface area (Å²) >= 11 is 6.16. The third-order valence-corrected chi connectivity index (χ3v) is 3.64. The van der Waals surface area contributed by atoms with Crippen molar-refractivity contribution < 1.29 is 19.4 Å². The SMILES string of the molecule is COc1cc(/C=C(\C(=O)O)c2ccc(C)cc2)cc(Cl)c1OC. The van der Waals surface area contributed by atoms with Crippen LogP contribution in [0, 0.1) is 6.92 Å². The Labute approximate surface area is 139 Å². The topological polar surface area (TPSA) is 55.8 Å². The Kier molecular flexibility index (Phi) is 5.29. The highest BCUT2D eigenvalue weighted by Crippen LogP contribution is 2.37.